The van der Waals surface area contributed by atoms with Gasteiger partial charge in [-0.1, -0.05) is 38.5 Å². The molecule has 0 saturated heterocycles. The maximum Gasteiger partial charge on any atom is 0.304 e. The highest BCUT2D eigenvalue weighted by Crippen LogP contribution is 2.38. The van der Waals surface area contributed by atoms with Crippen LogP contribution in [0.25, 0.3) is 0 Å². The van der Waals surface area contributed by atoms with Crippen LogP contribution in [-0.2, 0) is 9.59 Å². The van der Waals surface area contributed by atoms with Crippen molar-refractivity contribution < 1.29 is 14.7 Å². The minimum atomic E-state index is -0.852. The van der Waals surface area contributed by atoms with Crippen molar-refractivity contribution in [2.75, 3.05) is 11.4 Å². The molecule has 114 valence electrons. The molecule has 1 amide bonds. The zero-order chi connectivity index (χ0) is 15.6. The third-order valence-electron chi connectivity index (χ3n) is 4.30. The molecule has 2 rings (SSSR count). The highest BCUT2D eigenvalue weighted by atomic mass is 16.4. The number of anilines is 1. The Morgan fingerprint density at radius 1 is 1.43 bits per heavy atom. The quantitative estimate of drug-likeness (QED) is 0.868. The standard InChI is InChI=1S/C16H22N2O3/c1-3-10(2)15(17)16(21)18-9-11(8-14(19)20)12-6-4-5-7-13(12)18/h4-7,10-11,15H,3,8-9,17H2,1-2H3,(H,19,20). The molecule has 5 heteroatoms. The molecule has 3 N–H and O–H groups in total. The van der Waals surface area contributed by atoms with Gasteiger partial charge in [0.1, 0.15) is 0 Å². The summed E-state index contributed by atoms with van der Waals surface area (Å²) >= 11 is 0. The van der Waals surface area contributed by atoms with Crippen LogP contribution in [-0.4, -0.2) is 29.6 Å². The Morgan fingerprint density at radius 3 is 2.71 bits per heavy atom. The van der Waals surface area contributed by atoms with Gasteiger partial charge >= 0.3 is 5.97 Å². The number of nitrogens with zero attached hydrogens (tertiary/aromatic N) is 1. The van der Waals surface area contributed by atoms with Gasteiger partial charge in [0.05, 0.1) is 12.5 Å². The Kier molecular flexibility index (Phi) is 4.63. The maximum atomic E-state index is 12.6. The molecule has 0 fully saturated rings. The summed E-state index contributed by atoms with van der Waals surface area (Å²) in [7, 11) is 0. The topological polar surface area (TPSA) is 83.6 Å². The van der Waals surface area contributed by atoms with Gasteiger partial charge in [0.25, 0.3) is 0 Å². The lowest BCUT2D eigenvalue weighted by Crippen LogP contribution is -2.46. The van der Waals surface area contributed by atoms with Crippen molar-refractivity contribution in [3.8, 4) is 0 Å². The van der Waals surface area contributed by atoms with Crippen LogP contribution in [0.15, 0.2) is 24.3 Å². The van der Waals surface area contributed by atoms with Crippen LogP contribution in [0, 0.1) is 5.92 Å². The number of fused-ring (bicyclic) bond motifs is 1. The van der Waals surface area contributed by atoms with Gasteiger partial charge in [0, 0.05) is 18.2 Å². The minimum absolute atomic E-state index is 0.0271. The fraction of sp³-hybridized carbons (Fsp3) is 0.500. The number of benzene rings is 1. The molecule has 0 saturated carbocycles. The Morgan fingerprint density at radius 2 is 2.10 bits per heavy atom. The molecule has 1 aromatic carbocycles. The summed E-state index contributed by atoms with van der Waals surface area (Å²) in [6.45, 7) is 4.36. The lowest BCUT2D eigenvalue weighted by Gasteiger charge is -2.25. The number of carbonyl (C=O) groups is 2. The van der Waals surface area contributed by atoms with Gasteiger partial charge in [0.15, 0.2) is 0 Å². The number of carboxylic acid groups (broad SMARTS) is 1. The molecular weight excluding hydrogens is 268 g/mol. The first-order valence-electron chi connectivity index (χ1n) is 7.33. The third-order valence-corrected chi connectivity index (χ3v) is 4.30. The fourth-order valence-corrected chi connectivity index (χ4v) is 2.77. The van der Waals surface area contributed by atoms with Crippen molar-refractivity contribution in [2.24, 2.45) is 11.7 Å². The largest absolute Gasteiger partial charge is 0.481 e. The Balaban J connectivity index is 2.26. The van der Waals surface area contributed by atoms with E-state index in [1.165, 1.54) is 0 Å². The number of carbonyl (C=O) groups excluding carboxylic acids is 1. The zero-order valence-corrected chi connectivity index (χ0v) is 12.5. The van der Waals surface area contributed by atoms with Crippen LogP contribution in [0.2, 0.25) is 0 Å². The molecule has 3 unspecified atom stereocenters. The Labute approximate surface area is 124 Å². The van der Waals surface area contributed by atoms with E-state index in [4.69, 9.17) is 10.8 Å². The highest BCUT2D eigenvalue weighted by molar-refractivity contribution is 5.99. The first kappa shape index (κ1) is 15.5. The van der Waals surface area contributed by atoms with E-state index >= 15 is 0 Å². The van der Waals surface area contributed by atoms with Gasteiger partial charge < -0.3 is 15.7 Å². The van der Waals surface area contributed by atoms with Crippen molar-refractivity contribution in [1.82, 2.24) is 0 Å². The fourth-order valence-electron chi connectivity index (χ4n) is 2.77. The molecular formula is C16H22N2O3. The smallest absolute Gasteiger partial charge is 0.304 e. The molecule has 1 aliphatic rings. The average molecular weight is 290 g/mol. The van der Waals surface area contributed by atoms with Crippen LogP contribution in [0.5, 0.6) is 0 Å². The molecule has 1 aromatic rings. The summed E-state index contributed by atoms with van der Waals surface area (Å²) in [5.41, 5.74) is 7.77. The Bertz CT molecular complexity index is 544. The van der Waals surface area contributed by atoms with Gasteiger partial charge in [-0.3, -0.25) is 9.59 Å². The summed E-state index contributed by atoms with van der Waals surface area (Å²) in [6.07, 6.45) is 0.861. The second kappa shape index (κ2) is 6.26. The van der Waals surface area contributed by atoms with Crippen LogP contribution in [0.1, 0.15) is 38.2 Å². The molecule has 1 heterocycles. The SMILES string of the molecule is CCC(C)C(N)C(=O)N1CC(CC(=O)O)c2ccccc21. The summed E-state index contributed by atoms with van der Waals surface area (Å²) in [5.74, 6) is -1.03. The van der Waals surface area contributed by atoms with E-state index in [0.29, 0.717) is 6.54 Å². The summed E-state index contributed by atoms with van der Waals surface area (Å²) < 4.78 is 0. The van der Waals surface area contributed by atoms with Gasteiger partial charge in [-0.05, 0) is 17.5 Å². The van der Waals surface area contributed by atoms with E-state index in [2.05, 4.69) is 0 Å². The summed E-state index contributed by atoms with van der Waals surface area (Å²) in [4.78, 5) is 25.2. The van der Waals surface area contributed by atoms with Crippen LogP contribution < -0.4 is 10.6 Å². The van der Waals surface area contributed by atoms with Crippen molar-refractivity contribution in [2.45, 2.75) is 38.6 Å². The number of rotatable bonds is 5. The molecule has 21 heavy (non-hydrogen) atoms. The van der Waals surface area contributed by atoms with Gasteiger partial charge in [0.2, 0.25) is 5.91 Å². The molecule has 3 atom stereocenters. The summed E-state index contributed by atoms with van der Waals surface area (Å²) in [5, 5.41) is 9.03. The number of hydrogen-bond acceptors (Lipinski definition) is 3. The number of carboxylic acids is 1. The molecule has 0 aliphatic carbocycles. The van der Waals surface area contributed by atoms with E-state index in [1.807, 2.05) is 38.1 Å². The van der Waals surface area contributed by atoms with Gasteiger partial charge in [-0.15, -0.1) is 0 Å². The van der Waals surface area contributed by atoms with Crippen LogP contribution >= 0.6 is 0 Å². The predicted octanol–water partition coefficient (Wildman–Crippen LogP) is 1.96. The maximum absolute atomic E-state index is 12.6. The van der Waals surface area contributed by atoms with Gasteiger partial charge in [-0.2, -0.15) is 0 Å². The van der Waals surface area contributed by atoms with Gasteiger partial charge in [-0.25, -0.2) is 0 Å². The van der Waals surface area contributed by atoms with Crippen molar-refractivity contribution in [3.63, 3.8) is 0 Å². The van der Waals surface area contributed by atoms with E-state index in [0.717, 1.165) is 17.7 Å². The van der Waals surface area contributed by atoms with E-state index in [1.54, 1.807) is 4.90 Å². The number of amides is 1. The second-order valence-corrected chi connectivity index (χ2v) is 5.71. The van der Waals surface area contributed by atoms with Crippen molar-refractivity contribution in [1.29, 1.82) is 0 Å². The molecule has 0 radical (unpaired) electrons. The molecule has 5 nitrogen and oxygen atoms in total. The molecule has 0 spiro atoms. The highest BCUT2D eigenvalue weighted by Gasteiger charge is 2.36. The Hall–Kier alpha value is -1.88. The van der Waals surface area contributed by atoms with E-state index in [9.17, 15) is 9.59 Å². The van der Waals surface area contributed by atoms with Crippen LogP contribution in [0.4, 0.5) is 5.69 Å². The normalized spacial score (nSPS) is 20.0. The van der Waals surface area contributed by atoms with E-state index in [-0.39, 0.29) is 24.2 Å². The minimum Gasteiger partial charge on any atom is -0.481 e. The summed E-state index contributed by atoms with van der Waals surface area (Å²) in [6, 6.07) is 6.93. The van der Waals surface area contributed by atoms with Crippen molar-refractivity contribution >= 4 is 17.6 Å². The first-order valence-corrected chi connectivity index (χ1v) is 7.33. The van der Waals surface area contributed by atoms with E-state index < -0.39 is 12.0 Å². The zero-order valence-electron chi connectivity index (χ0n) is 12.5. The number of nitrogens with two attached hydrogens (primary N) is 1. The number of para-hydroxylation sites is 1. The second-order valence-electron chi connectivity index (χ2n) is 5.71. The average Bonchev–Trinajstić information content (AvgIpc) is 2.83. The monoisotopic (exact) mass is 290 g/mol. The lowest BCUT2D eigenvalue weighted by molar-refractivity contribution is -0.137. The third kappa shape index (κ3) is 3.08. The molecule has 0 bridgehead atoms. The van der Waals surface area contributed by atoms with Crippen LogP contribution in [0.3, 0.4) is 0 Å². The lowest BCUT2D eigenvalue weighted by atomic mass is 9.98. The first-order chi connectivity index (χ1) is 9.95. The number of aliphatic carboxylic acids is 1. The number of hydrogen-bond donors (Lipinski definition) is 2. The molecule has 0 aromatic heterocycles. The van der Waals surface area contributed by atoms with Crippen molar-refractivity contribution in [3.05, 3.63) is 29.8 Å². The molecule has 1 aliphatic heterocycles. The predicted molar refractivity (Wildman–Crippen MR) is 81.2 cm³/mol.